The predicted molar refractivity (Wildman–Crippen MR) is 86.8 cm³/mol. The van der Waals surface area contributed by atoms with Crippen LogP contribution in [-0.4, -0.2) is 11.4 Å². The third-order valence-corrected chi connectivity index (χ3v) is 3.93. The van der Waals surface area contributed by atoms with Crippen LogP contribution in [0.1, 0.15) is 23.6 Å². The number of rotatable bonds is 5. The minimum Gasteiger partial charge on any atom is -0.399 e. The van der Waals surface area contributed by atoms with Crippen molar-refractivity contribution >= 4 is 17.3 Å². The number of nitrogens with zero attached hydrogens (tertiary/aromatic N) is 1. The van der Waals surface area contributed by atoms with Crippen LogP contribution in [0.3, 0.4) is 0 Å². The smallest absolute Gasteiger partial charge is 0.0471 e. The second-order valence-electron chi connectivity index (χ2n) is 5.08. The van der Waals surface area contributed by atoms with Crippen molar-refractivity contribution in [3.63, 3.8) is 0 Å². The monoisotopic (exact) mass is 288 g/mol. The molecule has 0 fully saturated rings. The van der Waals surface area contributed by atoms with E-state index in [2.05, 4.69) is 43.0 Å². The molecule has 0 radical (unpaired) electrons. The molecule has 0 saturated carbocycles. The molecule has 0 heterocycles. The van der Waals surface area contributed by atoms with Gasteiger partial charge in [-0.15, -0.1) is 0 Å². The summed E-state index contributed by atoms with van der Waals surface area (Å²) >= 11 is 6.26. The highest BCUT2D eigenvalue weighted by atomic mass is 35.5. The van der Waals surface area contributed by atoms with E-state index < -0.39 is 0 Å². The molecular formula is C17H21ClN2. The molecular weight excluding hydrogens is 268 g/mol. The van der Waals surface area contributed by atoms with E-state index in [1.54, 1.807) is 0 Å². The minimum atomic E-state index is 0.709. The molecule has 2 nitrogen and oxygen atoms in total. The molecule has 0 atom stereocenters. The molecule has 0 amide bonds. The molecule has 2 aromatic rings. The topological polar surface area (TPSA) is 29.3 Å². The zero-order valence-electron chi connectivity index (χ0n) is 12.1. The Balaban J connectivity index is 2.11. The number of hydrogen-bond acceptors (Lipinski definition) is 2. The van der Waals surface area contributed by atoms with Crippen LogP contribution in [0, 0.1) is 6.92 Å². The van der Waals surface area contributed by atoms with Gasteiger partial charge in [0.25, 0.3) is 0 Å². The molecule has 0 saturated heterocycles. The normalized spacial score (nSPS) is 11.0. The summed E-state index contributed by atoms with van der Waals surface area (Å²) in [6.45, 7) is 7.08. The van der Waals surface area contributed by atoms with Gasteiger partial charge in [0, 0.05) is 23.8 Å². The maximum Gasteiger partial charge on any atom is 0.0471 e. The first-order valence-electron chi connectivity index (χ1n) is 6.91. The third kappa shape index (κ3) is 3.75. The average molecular weight is 289 g/mol. The highest BCUT2D eigenvalue weighted by Crippen LogP contribution is 2.21. The van der Waals surface area contributed by atoms with Gasteiger partial charge in [0.15, 0.2) is 0 Å². The SMILES string of the molecule is CCN(Cc1ccccc1C)Cc1ccc(N)cc1Cl. The van der Waals surface area contributed by atoms with Crippen LogP contribution in [0.5, 0.6) is 0 Å². The summed E-state index contributed by atoms with van der Waals surface area (Å²) in [6.07, 6.45) is 0. The summed E-state index contributed by atoms with van der Waals surface area (Å²) in [6, 6.07) is 14.2. The number of benzene rings is 2. The quantitative estimate of drug-likeness (QED) is 0.833. The van der Waals surface area contributed by atoms with Crippen molar-refractivity contribution in [2.24, 2.45) is 0 Å². The van der Waals surface area contributed by atoms with Crippen molar-refractivity contribution in [1.29, 1.82) is 0 Å². The molecule has 0 aliphatic heterocycles. The summed E-state index contributed by atoms with van der Waals surface area (Å²) in [7, 11) is 0. The molecule has 3 heteroatoms. The van der Waals surface area contributed by atoms with Crippen LogP contribution in [-0.2, 0) is 13.1 Å². The Morgan fingerprint density at radius 3 is 2.40 bits per heavy atom. The van der Waals surface area contributed by atoms with Crippen LogP contribution in [0.2, 0.25) is 5.02 Å². The van der Waals surface area contributed by atoms with Crippen LogP contribution in [0.15, 0.2) is 42.5 Å². The van der Waals surface area contributed by atoms with Crippen LogP contribution in [0.4, 0.5) is 5.69 Å². The van der Waals surface area contributed by atoms with E-state index in [0.717, 1.165) is 30.2 Å². The van der Waals surface area contributed by atoms with Gasteiger partial charge >= 0.3 is 0 Å². The molecule has 0 aliphatic carbocycles. The standard InChI is InChI=1S/C17H21ClN2/c1-3-20(11-14-7-5-4-6-13(14)2)12-15-8-9-16(19)10-17(15)18/h4-10H,3,11-12,19H2,1-2H3. The van der Waals surface area contributed by atoms with Gasteiger partial charge in [-0.3, -0.25) is 4.90 Å². The minimum absolute atomic E-state index is 0.709. The van der Waals surface area contributed by atoms with Gasteiger partial charge in [0.1, 0.15) is 0 Å². The van der Waals surface area contributed by atoms with E-state index in [0.29, 0.717) is 5.69 Å². The number of halogens is 1. The number of aryl methyl sites for hydroxylation is 1. The fourth-order valence-corrected chi connectivity index (χ4v) is 2.49. The lowest BCUT2D eigenvalue weighted by molar-refractivity contribution is 0.271. The fourth-order valence-electron chi connectivity index (χ4n) is 2.24. The lowest BCUT2D eigenvalue weighted by Gasteiger charge is -2.22. The molecule has 2 rings (SSSR count). The van der Waals surface area contributed by atoms with Gasteiger partial charge in [0.2, 0.25) is 0 Å². The maximum absolute atomic E-state index is 6.26. The van der Waals surface area contributed by atoms with Crippen molar-refractivity contribution in [3.8, 4) is 0 Å². The van der Waals surface area contributed by atoms with Gasteiger partial charge in [-0.05, 0) is 42.3 Å². The molecule has 0 aliphatic rings. The van der Waals surface area contributed by atoms with E-state index in [-0.39, 0.29) is 0 Å². The molecule has 0 bridgehead atoms. The van der Waals surface area contributed by atoms with E-state index >= 15 is 0 Å². The van der Waals surface area contributed by atoms with Gasteiger partial charge < -0.3 is 5.73 Å². The largest absolute Gasteiger partial charge is 0.399 e. The Hall–Kier alpha value is -1.51. The van der Waals surface area contributed by atoms with E-state index in [1.165, 1.54) is 11.1 Å². The lowest BCUT2D eigenvalue weighted by atomic mass is 10.1. The summed E-state index contributed by atoms with van der Waals surface area (Å²) in [5.74, 6) is 0. The van der Waals surface area contributed by atoms with Crippen LogP contribution in [0.25, 0.3) is 0 Å². The second kappa shape index (κ2) is 6.78. The second-order valence-corrected chi connectivity index (χ2v) is 5.49. The predicted octanol–water partition coefficient (Wildman–Crippen LogP) is 4.25. The van der Waals surface area contributed by atoms with Crippen LogP contribution < -0.4 is 5.73 Å². The molecule has 0 unspecified atom stereocenters. The Labute approximate surface area is 126 Å². The van der Waals surface area contributed by atoms with Crippen molar-refractivity contribution in [2.75, 3.05) is 12.3 Å². The number of nitrogens with two attached hydrogens (primary N) is 1. The highest BCUT2D eigenvalue weighted by Gasteiger charge is 2.09. The van der Waals surface area contributed by atoms with Crippen LogP contribution >= 0.6 is 11.6 Å². The van der Waals surface area contributed by atoms with Crippen molar-refractivity contribution in [1.82, 2.24) is 4.90 Å². The van der Waals surface area contributed by atoms with Crippen molar-refractivity contribution in [3.05, 3.63) is 64.2 Å². The first-order valence-corrected chi connectivity index (χ1v) is 7.28. The van der Waals surface area contributed by atoms with Gasteiger partial charge in [-0.25, -0.2) is 0 Å². The summed E-state index contributed by atoms with van der Waals surface area (Å²) in [5.41, 5.74) is 10.3. The van der Waals surface area contributed by atoms with E-state index in [1.807, 2.05) is 18.2 Å². The lowest BCUT2D eigenvalue weighted by Crippen LogP contribution is -2.23. The molecule has 0 aromatic heterocycles. The molecule has 106 valence electrons. The third-order valence-electron chi connectivity index (χ3n) is 3.57. The Bertz CT molecular complexity index is 581. The van der Waals surface area contributed by atoms with E-state index in [4.69, 9.17) is 17.3 Å². The Kier molecular flexibility index (Phi) is 5.05. The first kappa shape index (κ1) is 14.9. The van der Waals surface area contributed by atoms with Gasteiger partial charge in [-0.2, -0.15) is 0 Å². The number of anilines is 1. The summed E-state index contributed by atoms with van der Waals surface area (Å²) in [4.78, 5) is 2.37. The summed E-state index contributed by atoms with van der Waals surface area (Å²) in [5, 5.41) is 0.744. The molecule has 2 N–H and O–H groups in total. The Morgan fingerprint density at radius 2 is 1.75 bits per heavy atom. The maximum atomic E-state index is 6.26. The fraction of sp³-hybridized carbons (Fsp3) is 0.294. The highest BCUT2D eigenvalue weighted by molar-refractivity contribution is 6.31. The number of nitrogen functional groups attached to an aromatic ring is 1. The summed E-state index contributed by atoms with van der Waals surface area (Å²) < 4.78 is 0. The zero-order valence-corrected chi connectivity index (χ0v) is 12.8. The van der Waals surface area contributed by atoms with Gasteiger partial charge in [0.05, 0.1) is 0 Å². The average Bonchev–Trinajstić information content (AvgIpc) is 2.43. The van der Waals surface area contributed by atoms with Crippen molar-refractivity contribution < 1.29 is 0 Å². The number of hydrogen-bond donors (Lipinski definition) is 1. The van der Waals surface area contributed by atoms with Crippen molar-refractivity contribution in [2.45, 2.75) is 26.9 Å². The van der Waals surface area contributed by atoms with E-state index in [9.17, 15) is 0 Å². The molecule has 0 spiro atoms. The molecule has 2 aromatic carbocycles. The first-order chi connectivity index (χ1) is 9.60. The van der Waals surface area contributed by atoms with Gasteiger partial charge in [-0.1, -0.05) is 48.9 Å². The zero-order chi connectivity index (χ0) is 14.5. The Morgan fingerprint density at radius 1 is 1.05 bits per heavy atom. The molecule has 20 heavy (non-hydrogen) atoms.